The molecule has 19 heteroatoms. The summed E-state index contributed by atoms with van der Waals surface area (Å²) in [5, 5.41) is 0. The molecule has 2 fully saturated rings. The topological polar surface area (TPSA) is 238 Å². The standard InChI is InChI=1S/C28H38O19/c1-11(29)37-9-19-21(39-13(3)31)23(40-14(4)32)26(43-17(7)35)28(46-19)47-22-20(10-38-12(2)30)45-27(44-18(8)36)25(42-16(6)34)24(22)41-15(5)33/h19-28H,9-10H2,1-8H3/t19?,20?,21-,22-,23+,24+,25-,26+,27-,28-/m1/s1. The molecule has 0 aromatic carbocycles. The Bertz CT molecular complexity index is 1200. The molecule has 19 nitrogen and oxygen atoms in total. The molecule has 0 aromatic rings. The lowest BCUT2D eigenvalue weighted by Gasteiger charge is -2.48. The summed E-state index contributed by atoms with van der Waals surface area (Å²) >= 11 is 0. The van der Waals surface area contributed by atoms with Gasteiger partial charge in [0.25, 0.3) is 0 Å². The maximum absolute atomic E-state index is 12.3. The largest absolute Gasteiger partial charge is 0.463 e. The van der Waals surface area contributed by atoms with Gasteiger partial charge in [-0.1, -0.05) is 0 Å². The van der Waals surface area contributed by atoms with Crippen LogP contribution >= 0.6 is 0 Å². The molecule has 2 unspecified atom stereocenters. The van der Waals surface area contributed by atoms with E-state index in [1.165, 1.54) is 0 Å². The van der Waals surface area contributed by atoms with Crippen molar-refractivity contribution in [1.29, 1.82) is 0 Å². The molecular formula is C28H38O19. The van der Waals surface area contributed by atoms with Crippen LogP contribution in [-0.4, -0.2) is 122 Å². The molecule has 2 aliphatic rings. The molecule has 0 radical (unpaired) electrons. The van der Waals surface area contributed by atoms with Crippen molar-refractivity contribution in [2.24, 2.45) is 0 Å². The van der Waals surface area contributed by atoms with Gasteiger partial charge in [0.15, 0.2) is 30.7 Å². The Labute approximate surface area is 268 Å². The minimum Gasteiger partial charge on any atom is -0.463 e. The SMILES string of the molecule is CC(=O)OCC1O[C@H](O[C@@H]2C(COC(C)=O)O[C@@H](OC(C)=O)[C@H](OC(C)=O)[C@H]2OC(C)=O)[C@@H](OC(C)=O)[C@@H](OC(C)=O)[C@@H]1OC(C)=O. The van der Waals surface area contributed by atoms with E-state index in [1.807, 2.05) is 0 Å². The molecule has 0 aliphatic carbocycles. The van der Waals surface area contributed by atoms with E-state index in [-0.39, 0.29) is 0 Å². The molecule has 47 heavy (non-hydrogen) atoms. The highest BCUT2D eigenvalue weighted by molar-refractivity contribution is 5.70. The predicted molar refractivity (Wildman–Crippen MR) is 145 cm³/mol. The van der Waals surface area contributed by atoms with Gasteiger partial charge in [-0.3, -0.25) is 38.4 Å². The summed E-state index contributed by atoms with van der Waals surface area (Å²) in [7, 11) is 0. The van der Waals surface area contributed by atoms with E-state index in [0.29, 0.717) is 0 Å². The second-order valence-electron chi connectivity index (χ2n) is 10.3. The lowest BCUT2D eigenvalue weighted by atomic mass is 9.96. The molecule has 264 valence electrons. The van der Waals surface area contributed by atoms with Crippen LogP contribution in [0.25, 0.3) is 0 Å². The molecule has 0 amide bonds. The highest BCUT2D eigenvalue weighted by Crippen LogP contribution is 2.35. The average Bonchev–Trinajstić information content (AvgIpc) is 2.91. The van der Waals surface area contributed by atoms with Gasteiger partial charge >= 0.3 is 47.8 Å². The quantitative estimate of drug-likeness (QED) is 0.181. The van der Waals surface area contributed by atoms with E-state index in [2.05, 4.69) is 0 Å². The van der Waals surface area contributed by atoms with Gasteiger partial charge in [0.2, 0.25) is 12.4 Å². The van der Waals surface area contributed by atoms with Gasteiger partial charge in [-0.15, -0.1) is 0 Å². The van der Waals surface area contributed by atoms with Crippen molar-refractivity contribution in [1.82, 2.24) is 0 Å². The first-order chi connectivity index (χ1) is 21.9. The third kappa shape index (κ3) is 12.1. The molecule has 0 N–H and O–H groups in total. The first-order valence-corrected chi connectivity index (χ1v) is 14.2. The van der Waals surface area contributed by atoms with Crippen LogP contribution in [0.1, 0.15) is 55.4 Å². The number of ether oxygens (including phenoxy) is 11. The summed E-state index contributed by atoms with van der Waals surface area (Å²) in [5.74, 6) is -7.02. The fourth-order valence-electron chi connectivity index (χ4n) is 4.73. The molecule has 0 aromatic heterocycles. The second kappa shape index (κ2) is 17.5. The molecular weight excluding hydrogens is 640 g/mol. The zero-order chi connectivity index (χ0) is 35.6. The first kappa shape index (κ1) is 38.8. The Morgan fingerprint density at radius 2 is 0.702 bits per heavy atom. The molecule has 2 aliphatic heterocycles. The minimum absolute atomic E-state index is 0.590. The molecule has 0 bridgehead atoms. The lowest BCUT2D eigenvalue weighted by Crippen LogP contribution is -2.67. The van der Waals surface area contributed by atoms with E-state index < -0.39 is 122 Å². The van der Waals surface area contributed by atoms with Gasteiger partial charge in [-0.05, 0) is 0 Å². The van der Waals surface area contributed by atoms with Gasteiger partial charge in [0.1, 0.15) is 31.5 Å². The summed E-state index contributed by atoms with van der Waals surface area (Å²) in [6, 6.07) is 0. The smallest absolute Gasteiger partial charge is 0.305 e. The summed E-state index contributed by atoms with van der Waals surface area (Å²) in [5.41, 5.74) is 0. The normalized spacial score (nSPS) is 30.0. The second-order valence-corrected chi connectivity index (χ2v) is 10.3. The van der Waals surface area contributed by atoms with Crippen molar-refractivity contribution in [2.45, 2.75) is 117 Å². The summed E-state index contributed by atoms with van der Waals surface area (Å²) in [4.78, 5) is 96.3. The van der Waals surface area contributed by atoms with Gasteiger partial charge < -0.3 is 52.1 Å². The Morgan fingerprint density at radius 1 is 0.383 bits per heavy atom. The van der Waals surface area contributed by atoms with Crippen LogP contribution in [0.5, 0.6) is 0 Å². The molecule has 2 heterocycles. The van der Waals surface area contributed by atoms with Gasteiger partial charge in [-0.25, -0.2) is 0 Å². The predicted octanol–water partition coefficient (Wildman–Crippen LogP) is -0.831. The highest BCUT2D eigenvalue weighted by atomic mass is 16.8. The summed E-state index contributed by atoms with van der Waals surface area (Å²) in [6.07, 6.45) is -16.3. The molecule has 2 saturated heterocycles. The fraction of sp³-hybridized carbons (Fsp3) is 0.714. The van der Waals surface area contributed by atoms with Crippen LogP contribution in [0.2, 0.25) is 0 Å². The first-order valence-electron chi connectivity index (χ1n) is 14.2. The van der Waals surface area contributed by atoms with Gasteiger partial charge in [0.05, 0.1) is 0 Å². The van der Waals surface area contributed by atoms with E-state index in [1.54, 1.807) is 0 Å². The Balaban J connectivity index is 2.73. The highest BCUT2D eigenvalue weighted by Gasteiger charge is 2.58. The van der Waals surface area contributed by atoms with Crippen LogP contribution in [0.15, 0.2) is 0 Å². The van der Waals surface area contributed by atoms with Crippen LogP contribution in [-0.2, 0) is 90.5 Å². The lowest BCUT2D eigenvalue weighted by molar-refractivity contribution is -0.357. The maximum atomic E-state index is 12.3. The molecule has 2 rings (SSSR count). The summed E-state index contributed by atoms with van der Waals surface area (Å²) < 4.78 is 60.2. The number of hydrogen-bond acceptors (Lipinski definition) is 19. The van der Waals surface area contributed by atoms with Gasteiger partial charge in [0, 0.05) is 55.4 Å². The third-order valence-electron chi connectivity index (χ3n) is 6.17. The number of carbonyl (C=O) groups is 8. The Hall–Kier alpha value is -4.36. The van der Waals surface area contributed by atoms with E-state index in [9.17, 15) is 38.4 Å². The van der Waals surface area contributed by atoms with Crippen molar-refractivity contribution < 1.29 is 90.5 Å². The number of hydrogen-bond donors (Lipinski definition) is 0. The zero-order valence-corrected chi connectivity index (χ0v) is 26.9. The molecule has 0 saturated carbocycles. The van der Waals surface area contributed by atoms with E-state index in [4.69, 9.17) is 52.1 Å². The van der Waals surface area contributed by atoms with Gasteiger partial charge in [-0.2, -0.15) is 0 Å². The maximum Gasteiger partial charge on any atom is 0.305 e. The van der Waals surface area contributed by atoms with E-state index in [0.717, 1.165) is 55.4 Å². The van der Waals surface area contributed by atoms with Crippen LogP contribution in [0.4, 0.5) is 0 Å². The number of carbonyl (C=O) groups excluding carboxylic acids is 8. The Kier molecular flexibility index (Phi) is 14.5. The van der Waals surface area contributed by atoms with Crippen molar-refractivity contribution in [3.05, 3.63) is 0 Å². The van der Waals surface area contributed by atoms with Crippen molar-refractivity contribution in [3.63, 3.8) is 0 Å². The zero-order valence-electron chi connectivity index (χ0n) is 26.9. The van der Waals surface area contributed by atoms with Crippen molar-refractivity contribution >= 4 is 47.8 Å². The average molecular weight is 679 g/mol. The van der Waals surface area contributed by atoms with Crippen LogP contribution in [0.3, 0.4) is 0 Å². The van der Waals surface area contributed by atoms with E-state index >= 15 is 0 Å². The van der Waals surface area contributed by atoms with Crippen molar-refractivity contribution in [2.75, 3.05) is 13.2 Å². The molecule has 0 spiro atoms. The summed E-state index contributed by atoms with van der Waals surface area (Å²) in [6.45, 7) is 7.05. The monoisotopic (exact) mass is 678 g/mol. The Morgan fingerprint density at radius 3 is 1.11 bits per heavy atom. The number of rotatable bonds is 12. The third-order valence-corrected chi connectivity index (χ3v) is 6.17. The van der Waals surface area contributed by atoms with Crippen LogP contribution < -0.4 is 0 Å². The number of esters is 8. The minimum atomic E-state index is -1.83. The van der Waals surface area contributed by atoms with Crippen molar-refractivity contribution in [3.8, 4) is 0 Å². The fourth-order valence-corrected chi connectivity index (χ4v) is 4.73. The molecule has 10 atom stereocenters. The van der Waals surface area contributed by atoms with Crippen LogP contribution in [0, 0.1) is 0 Å².